The molecule has 0 saturated heterocycles. The zero-order chi connectivity index (χ0) is 14.9. The van der Waals surface area contributed by atoms with Crippen molar-refractivity contribution >= 4 is 11.8 Å². The predicted molar refractivity (Wildman–Crippen MR) is 79.0 cm³/mol. The lowest BCUT2D eigenvalue weighted by Gasteiger charge is -2.33. The molecule has 0 saturated carbocycles. The number of aliphatic hydroxyl groups excluding tert-OH is 1. The Morgan fingerprint density at radius 1 is 1.40 bits per heavy atom. The zero-order valence-electron chi connectivity index (χ0n) is 12.6. The van der Waals surface area contributed by atoms with Gasteiger partial charge in [-0.15, -0.1) is 0 Å². The van der Waals surface area contributed by atoms with Gasteiger partial charge >= 0.3 is 6.09 Å². The monoisotopic (exact) mass is 277 g/mol. The second kappa shape index (κ2) is 5.44. The highest BCUT2D eigenvalue weighted by Crippen LogP contribution is 2.35. The number of nitrogens with zero attached hydrogens (tertiary/aromatic N) is 1. The fourth-order valence-electron chi connectivity index (χ4n) is 2.52. The summed E-state index contributed by atoms with van der Waals surface area (Å²) in [5.74, 6) is 0. The molecule has 1 aliphatic rings. The molecule has 110 valence electrons. The lowest BCUT2D eigenvalue weighted by Crippen LogP contribution is -2.40. The largest absolute Gasteiger partial charge is 0.443 e. The van der Waals surface area contributed by atoms with Crippen LogP contribution in [-0.4, -0.2) is 23.3 Å². The number of para-hydroxylation sites is 1. The Kier molecular flexibility index (Phi) is 4.04. The highest BCUT2D eigenvalue weighted by Gasteiger charge is 2.29. The van der Waals surface area contributed by atoms with Gasteiger partial charge in [-0.3, -0.25) is 4.90 Å². The minimum Gasteiger partial charge on any atom is -0.443 e. The number of anilines is 1. The molecule has 0 unspecified atom stereocenters. The van der Waals surface area contributed by atoms with Crippen molar-refractivity contribution in [1.29, 1.82) is 0 Å². The van der Waals surface area contributed by atoms with Gasteiger partial charge in [0.15, 0.2) is 0 Å². The minimum atomic E-state index is -0.604. The van der Waals surface area contributed by atoms with E-state index >= 15 is 0 Å². The molecule has 0 spiro atoms. The molecule has 4 heteroatoms. The Labute approximate surface area is 120 Å². The van der Waals surface area contributed by atoms with Gasteiger partial charge < -0.3 is 9.84 Å². The van der Waals surface area contributed by atoms with E-state index in [1.807, 2.05) is 39.0 Å². The van der Waals surface area contributed by atoms with Crippen molar-refractivity contribution in [1.82, 2.24) is 0 Å². The van der Waals surface area contributed by atoms with Crippen molar-refractivity contribution < 1.29 is 14.6 Å². The van der Waals surface area contributed by atoms with Gasteiger partial charge in [0, 0.05) is 12.1 Å². The standard InChI is InChI=1S/C16H23NO3/c1-11(18)13-9-5-7-12-8-6-10-17(14(12)13)15(19)20-16(2,3)4/h5,7,9,11,18H,6,8,10H2,1-4H3/t11-/m0/s1. The normalized spacial score (nSPS) is 16.6. The Morgan fingerprint density at radius 2 is 2.10 bits per heavy atom. The summed E-state index contributed by atoms with van der Waals surface area (Å²) in [6.45, 7) is 7.92. The molecule has 1 atom stereocenters. The van der Waals surface area contributed by atoms with Crippen LogP contribution in [0.2, 0.25) is 0 Å². The first-order valence-corrected chi connectivity index (χ1v) is 7.10. The molecule has 0 fully saturated rings. The van der Waals surface area contributed by atoms with E-state index < -0.39 is 11.7 Å². The van der Waals surface area contributed by atoms with Crippen molar-refractivity contribution in [2.24, 2.45) is 0 Å². The maximum absolute atomic E-state index is 12.4. The van der Waals surface area contributed by atoms with Crippen molar-refractivity contribution in [2.45, 2.75) is 52.2 Å². The predicted octanol–water partition coefficient (Wildman–Crippen LogP) is 3.43. The van der Waals surface area contributed by atoms with E-state index in [9.17, 15) is 9.90 Å². The van der Waals surface area contributed by atoms with Gasteiger partial charge in [0.25, 0.3) is 0 Å². The Morgan fingerprint density at radius 3 is 2.70 bits per heavy atom. The maximum Gasteiger partial charge on any atom is 0.414 e. The molecule has 2 rings (SSSR count). The molecule has 1 aliphatic heterocycles. The second-order valence-corrected chi connectivity index (χ2v) is 6.27. The number of carbonyl (C=O) groups excluding carboxylic acids is 1. The number of amides is 1. The third-order valence-electron chi connectivity index (χ3n) is 3.31. The van der Waals surface area contributed by atoms with Gasteiger partial charge in [-0.1, -0.05) is 18.2 Å². The van der Waals surface area contributed by atoms with Crippen LogP contribution >= 0.6 is 0 Å². The molecule has 1 heterocycles. The zero-order valence-corrected chi connectivity index (χ0v) is 12.6. The SMILES string of the molecule is C[C@H](O)c1cccc2c1N(C(=O)OC(C)(C)C)CCC2. The number of aliphatic hydroxyl groups is 1. The van der Waals surface area contributed by atoms with Crippen LogP contribution in [0.3, 0.4) is 0 Å². The smallest absolute Gasteiger partial charge is 0.414 e. The lowest BCUT2D eigenvalue weighted by molar-refractivity contribution is 0.0577. The molecule has 1 amide bonds. The number of ether oxygens (including phenoxy) is 1. The van der Waals surface area contributed by atoms with Gasteiger partial charge in [0.05, 0.1) is 11.8 Å². The number of carbonyl (C=O) groups is 1. The molecular weight excluding hydrogens is 254 g/mol. The van der Waals surface area contributed by atoms with Crippen LogP contribution in [0.25, 0.3) is 0 Å². The fourth-order valence-corrected chi connectivity index (χ4v) is 2.52. The van der Waals surface area contributed by atoms with E-state index in [1.165, 1.54) is 0 Å². The van der Waals surface area contributed by atoms with E-state index in [2.05, 4.69) is 0 Å². The molecule has 0 radical (unpaired) electrons. The number of rotatable bonds is 1. The first-order chi connectivity index (χ1) is 9.29. The number of hydrogen-bond acceptors (Lipinski definition) is 3. The van der Waals surface area contributed by atoms with Gasteiger partial charge in [-0.05, 0) is 46.1 Å². The Balaban J connectivity index is 2.39. The van der Waals surface area contributed by atoms with Gasteiger partial charge in [-0.25, -0.2) is 4.79 Å². The molecule has 0 bridgehead atoms. The summed E-state index contributed by atoms with van der Waals surface area (Å²) in [6.07, 6.45) is 0.893. The van der Waals surface area contributed by atoms with E-state index in [1.54, 1.807) is 11.8 Å². The molecule has 1 aromatic carbocycles. The number of aryl methyl sites for hydroxylation is 1. The third kappa shape index (κ3) is 3.12. The summed E-state index contributed by atoms with van der Waals surface area (Å²) in [4.78, 5) is 14.0. The first kappa shape index (κ1) is 14.9. The van der Waals surface area contributed by atoms with Crippen LogP contribution in [0.1, 0.15) is 51.3 Å². The molecular formula is C16H23NO3. The fraction of sp³-hybridized carbons (Fsp3) is 0.562. The van der Waals surface area contributed by atoms with Crippen molar-refractivity contribution in [3.63, 3.8) is 0 Å². The minimum absolute atomic E-state index is 0.341. The summed E-state index contributed by atoms with van der Waals surface area (Å²) in [5.41, 5.74) is 2.19. The second-order valence-electron chi connectivity index (χ2n) is 6.27. The first-order valence-electron chi connectivity index (χ1n) is 7.10. The molecule has 0 aromatic heterocycles. The van der Waals surface area contributed by atoms with Crippen LogP contribution in [0, 0.1) is 0 Å². The number of benzene rings is 1. The topological polar surface area (TPSA) is 49.8 Å². The Bertz CT molecular complexity index is 503. The molecule has 1 N–H and O–H groups in total. The molecule has 4 nitrogen and oxygen atoms in total. The summed E-state index contributed by atoms with van der Waals surface area (Å²) in [7, 11) is 0. The van der Waals surface area contributed by atoms with E-state index in [0.29, 0.717) is 6.54 Å². The molecule has 20 heavy (non-hydrogen) atoms. The van der Waals surface area contributed by atoms with Gasteiger partial charge in [-0.2, -0.15) is 0 Å². The number of hydrogen-bond donors (Lipinski definition) is 1. The van der Waals surface area contributed by atoms with Gasteiger partial charge in [0.1, 0.15) is 5.60 Å². The Hall–Kier alpha value is -1.55. The number of fused-ring (bicyclic) bond motifs is 1. The summed E-state index contributed by atoms with van der Waals surface area (Å²) >= 11 is 0. The average Bonchev–Trinajstić information content (AvgIpc) is 2.35. The van der Waals surface area contributed by atoms with E-state index in [-0.39, 0.29) is 6.09 Å². The van der Waals surface area contributed by atoms with Crippen LogP contribution < -0.4 is 4.90 Å². The average molecular weight is 277 g/mol. The van der Waals surface area contributed by atoms with Crippen molar-refractivity contribution in [3.8, 4) is 0 Å². The van der Waals surface area contributed by atoms with Crippen LogP contribution in [0.15, 0.2) is 18.2 Å². The lowest BCUT2D eigenvalue weighted by atomic mass is 9.96. The van der Waals surface area contributed by atoms with Crippen LogP contribution in [0.5, 0.6) is 0 Å². The molecule has 0 aliphatic carbocycles. The quantitative estimate of drug-likeness (QED) is 0.855. The summed E-state index contributed by atoms with van der Waals surface area (Å²) in [6, 6.07) is 5.81. The van der Waals surface area contributed by atoms with E-state index in [4.69, 9.17) is 4.74 Å². The molecule has 1 aromatic rings. The maximum atomic E-state index is 12.4. The highest BCUT2D eigenvalue weighted by atomic mass is 16.6. The highest BCUT2D eigenvalue weighted by molar-refractivity contribution is 5.90. The van der Waals surface area contributed by atoms with Crippen molar-refractivity contribution in [3.05, 3.63) is 29.3 Å². The van der Waals surface area contributed by atoms with Crippen molar-refractivity contribution in [2.75, 3.05) is 11.4 Å². The van der Waals surface area contributed by atoms with Gasteiger partial charge in [0.2, 0.25) is 0 Å². The summed E-state index contributed by atoms with van der Waals surface area (Å²) in [5, 5.41) is 9.93. The van der Waals surface area contributed by atoms with Crippen LogP contribution in [-0.2, 0) is 11.2 Å². The third-order valence-corrected chi connectivity index (χ3v) is 3.31. The van der Waals surface area contributed by atoms with Crippen LogP contribution in [0.4, 0.5) is 10.5 Å². The van der Waals surface area contributed by atoms with E-state index in [0.717, 1.165) is 29.7 Å². The summed E-state index contributed by atoms with van der Waals surface area (Å²) < 4.78 is 5.47.